The van der Waals surface area contributed by atoms with Crippen molar-refractivity contribution in [1.82, 2.24) is 4.90 Å². The van der Waals surface area contributed by atoms with Gasteiger partial charge in [0, 0.05) is 12.1 Å². The maximum absolute atomic E-state index is 13.5. The molecule has 5 heteroatoms. The van der Waals surface area contributed by atoms with Crippen molar-refractivity contribution >= 4 is 17.4 Å². The van der Waals surface area contributed by atoms with Gasteiger partial charge in [-0.15, -0.1) is 0 Å². The fourth-order valence-electron chi connectivity index (χ4n) is 3.75. The van der Waals surface area contributed by atoms with Crippen molar-refractivity contribution < 1.29 is 19.1 Å². The molecule has 30 heavy (non-hydrogen) atoms. The smallest absolute Gasteiger partial charge is 0.295 e. The van der Waals surface area contributed by atoms with E-state index in [1.165, 1.54) is 17.0 Å². The number of Topliss-reactive ketones (excluding diaryl/α,β-unsaturated/α-hetero) is 1. The predicted molar refractivity (Wildman–Crippen MR) is 112 cm³/mol. The van der Waals surface area contributed by atoms with Crippen molar-refractivity contribution in [2.45, 2.75) is 12.5 Å². The molecule has 0 spiro atoms. The van der Waals surface area contributed by atoms with E-state index in [0.29, 0.717) is 24.1 Å². The van der Waals surface area contributed by atoms with Crippen LogP contribution in [0.15, 0.2) is 90.5 Å². The van der Waals surface area contributed by atoms with Gasteiger partial charge in [0.05, 0.1) is 11.6 Å². The number of likely N-dealkylation sites (tertiary alicyclic amines) is 1. The van der Waals surface area contributed by atoms with Crippen LogP contribution >= 0.6 is 0 Å². The molecule has 1 atom stereocenters. The summed E-state index contributed by atoms with van der Waals surface area (Å²) >= 11 is 0. The number of carbonyl (C=O) groups is 2. The Morgan fingerprint density at radius 1 is 0.867 bits per heavy atom. The van der Waals surface area contributed by atoms with E-state index in [2.05, 4.69) is 0 Å². The van der Waals surface area contributed by atoms with Crippen molar-refractivity contribution in [3.05, 3.63) is 113 Å². The Labute approximate surface area is 173 Å². The number of hydrogen-bond donors (Lipinski definition) is 1. The average molecular weight is 401 g/mol. The van der Waals surface area contributed by atoms with E-state index >= 15 is 0 Å². The van der Waals surface area contributed by atoms with Crippen molar-refractivity contribution in [2.24, 2.45) is 0 Å². The number of aliphatic hydroxyl groups excluding tert-OH is 1. The third kappa shape index (κ3) is 3.74. The van der Waals surface area contributed by atoms with Crippen LogP contribution < -0.4 is 0 Å². The lowest BCUT2D eigenvalue weighted by Crippen LogP contribution is -2.31. The minimum atomic E-state index is -0.783. The van der Waals surface area contributed by atoms with Crippen molar-refractivity contribution in [2.75, 3.05) is 6.54 Å². The molecule has 1 N–H and O–H groups in total. The predicted octanol–water partition coefficient (Wildman–Crippen LogP) is 4.49. The lowest BCUT2D eigenvalue weighted by atomic mass is 9.95. The summed E-state index contributed by atoms with van der Waals surface area (Å²) in [4.78, 5) is 27.2. The standard InChI is InChI=1S/C25H20FNO3/c26-20-13-11-18(12-14-20)22-21(23(28)19-9-5-2-6-10-19)24(29)25(30)27(22)16-15-17-7-3-1-4-8-17/h1-14,22,28H,15-16H2. The molecule has 0 aromatic heterocycles. The monoisotopic (exact) mass is 401 g/mol. The summed E-state index contributed by atoms with van der Waals surface area (Å²) in [5, 5.41) is 10.9. The molecule has 1 unspecified atom stereocenters. The molecule has 1 heterocycles. The number of halogens is 1. The van der Waals surface area contributed by atoms with Gasteiger partial charge in [-0.1, -0.05) is 72.8 Å². The van der Waals surface area contributed by atoms with Gasteiger partial charge in [0.25, 0.3) is 11.7 Å². The number of hydrogen-bond acceptors (Lipinski definition) is 3. The summed E-state index contributed by atoms with van der Waals surface area (Å²) in [6.45, 7) is 0.294. The van der Waals surface area contributed by atoms with Crippen LogP contribution in [0.1, 0.15) is 22.7 Å². The van der Waals surface area contributed by atoms with E-state index in [9.17, 15) is 19.1 Å². The minimum Gasteiger partial charge on any atom is -0.507 e. The molecule has 1 saturated heterocycles. The Balaban J connectivity index is 1.78. The van der Waals surface area contributed by atoms with Gasteiger partial charge in [0.15, 0.2) is 0 Å². The highest BCUT2D eigenvalue weighted by atomic mass is 19.1. The van der Waals surface area contributed by atoms with Gasteiger partial charge in [-0.3, -0.25) is 9.59 Å². The van der Waals surface area contributed by atoms with Gasteiger partial charge in [-0.2, -0.15) is 0 Å². The van der Waals surface area contributed by atoms with Crippen LogP contribution in [0.2, 0.25) is 0 Å². The largest absolute Gasteiger partial charge is 0.507 e. The van der Waals surface area contributed by atoms with Crippen molar-refractivity contribution in [3.8, 4) is 0 Å². The lowest BCUT2D eigenvalue weighted by molar-refractivity contribution is -0.139. The number of nitrogens with zero attached hydrogens (tertiary/aromatic N) is 1. The summed E-state index contributed by atoms with van der Waals surface area (Å²) in [6.07, 6.45) is 0.553. The van der Waals surface area contributed by atoms with Crippen LogP contribution in [0.4, 0.5) is 4.39 Å². The summed E-state index contributed by atoms with van der Waals surface area (Å²) < 4.78 is 13.5. The molecule has 0 bridgehead atoms. The van der Waals surface area contributed by atoms with Crippen LogP contribution in [0.3, 0.4) is 0 Å². The molecular weight excluding hydrogens is 381 g/mol. The van der Waals surface area contributed by atoms with E-state index in [1.54, 1.807) is 42.5 Å². The molecule has 150 valence electrons. The Kier molecular flexibility index (Phi) is 5.44. The van der Waals surface area contributed by atoms with E-state index in [4.69, 9.17) is 0 Å². The van der Waals surface area contributed by atoms with Gasteiger partial charge in [-0.25, -0.2) is 4.39 Å². The van der Waals surface area contributed by atoms with Gasteiger partial charge in [-0.05, 0) is 29.7 Å². The zero-order valence-corrected chi connectivity index (χ0v) is 16.2. The van der Waals surface area contributed by atoms with E-state index in [-0.39, 0.29) is 11.3 Å². The number of carbonyl (C=O) groups excluding carboxylic acids is 2. The Bertz CT molecular complexity index is 1090. The van der Waals surface area contributed by atoms with E-state index in [0.717, 1.165) is 5.56 Å². The van der Waals surface area contributed by atoms with Gasteiger partial charge in [0.1, 0.15) is 11.6 Å². The second-order valence-electron chi connectivity index (χ2n) is 7.15. The molecule has 3 aromatic carbocycles. The highest BCUT2D eigenvalue weighted by molar-refractivity contribution is 6.46. The van der Waals surface area contributed by atoms with Crippen LogP contribution in [-0.2, 0) is 16.0 Å². The molecule has 0 aliphatic carbocycles. The van der Waals surface area contributed by atoms with Crippen LogP contribution in [0.25, 0.3) is 5.76 Å². The first-order valence-electron chi connectivity index (χ1n) is 9.69. The van der Waals surface area contributed by atoms with Crippen LogP contribution in [0, 0.1) is 5.82 Å². The third-order valence-corrected chi connectivity index (χ3v) is 5.26. The van der Waals surface area contributed by atoms with Crippen molar-refractivity contribution in [1.29, 1.82) is 0 Å². The molecule has 3 aromatic rings. The van der Waals surface area contributed by atoms with Crippen LogP contribution in [0.5, 0.6) is 0 Å². The molecule has 1 fully saturated rings. The van der Waals surface area contributed by atoms with E-state index in [1.807, 2.05) is 30.3 Å². The number of rotatable bonds is 5. The fraction of sp³-hybridized carbons (Fsp3) is 0.120. The molecule has 4 nitrogen and oxygen atoms in total. The first-order valence-corrected chi connectivity index (χ1v) is 9.69. The summed E-state index contributed by atoms with van der Waals surface area (Å²) in [6, 6.07) is 23.1. The summed E-state index contributed by atoms with van der Waals surface area (Å²) in [7, 11) is 0. The Morgan fingerprint density at radius 3 is 2.10 bits per heavy atom. The second-order valence-corrected chi connectivity index (χ2v) is 7.15. The quantitative estimate of drug-likeness (QED) is 0.389. The zero-order valence-electron chi connectivity index (χ0n) is 16.2. The first kappa shape index (κ1) is 19.6. The molecular formula is C25H20FNO3. The summed E-state index contributed by atoms with van der Waals surface area (Å²) in [5.74, 6) is -2.05. The Morgan fingerprint density at radius 2 is 1.47 bits per heavy atom. The molecule has 1 aliphatic heterocycles. The third-order valence-electron chi connectivity index (χ3n) is 5.26. The van der Waals surface area contributed by atoms with Crippen molar-refractivity contribution in [3.63, 3.8) is 0 Å². The summed E-state index contributed by atoms with van der Waals surface area (Å²) in [5.41, 5.74) is 2.07. The zero-order chi connectivity index (χ0) is 21.1. The van der Waals surface area contributed by atoms with E-state index < -0.39 is 23.5 Å². The average Bonchev–Trinajstić information content (AvgIpc) is 3.04. The molecule has 0 radical (unpaired) electrons. The lowest BCUT2D eigenvalue weighted by Gasteiger charge is -2.25. The molecule has 0 saturated carbocycles. The highest BCUT2D eigenvalue weighted by Gasteiger charge is 2.45. The van der Waals surface area contributed by atoms with Crippen LogP contribution in [-0.4, -0.2) is 28.2 Å². The minimum absolute atomic E-state index is 0.0193. The normalized spacial score (nSPS) is 18.0. The molecule has 1 amide bonds. The topological polar surface area (TPSA) is 57.6 Å². The number of ketones is 1. The van der Waals surface area contributed by atoms with Gasteiger partial charge >= 0.3 is 0 Å². The number of aliphatic hydroxyl groups is 1. The SMILES string of the molecule is O=C1C(=O)N(CCc2ccccc2)C(c2ccc(F)cc2)C1=C(O)c1ccccc1. The molecule has 1 aliphatic rings. The molecule has 4 rings (SSSR count). The second kappa shape index (κ2) is 8.33. The van der Waals surface area contributed by atoms with Gasteiger partial charge < -0.3 is 10.0 Å². The number of amides is 1. The Hall–Kier alpha value is -3.73. The maximum atomic E-state index is 13.5. The maximum Gasteiger partial charge on any atom is 0.295 e. The first-order chi connectivity index (χ1) is 14.6. The fourth-order valence-corrected chi connectivity index (χ4v) is 3.75. The number of benzene rings is 3. The van der Waals surface area contributed by atoms with Gasteiger partial charge in [0.2, 0.25) is 0 Å². The highest BCUT2D eigenvalue weighted by Crippen LogP contribution is 2.39.